The van der Waals surface area contributed by atoms with Gasteiger partial charge in [-0.3, -0.25) is 4.98 Å². The predicted octanol–water partition coefficient (Wildman–Crippen LogP) is -0.579. The van der Waals surface area contributed by atoms with Crippen LogP contribution in [0.5, 0.6) is 0 Å². The molecule has 0 fully saturated rings. The van der Waals surface area contributed by atoms with E-state index in [0.29, 0.717) is 0 Å². The molecule has 1 heterocycles. The summed E-state index contributed by atoms with van der Waals surface area (Å²) in [5.74, 6) is 0. The third-order valence-electron chi connectivity index (χ3n) is 1.76. The molecule has 2 aromatic rings. The van der Waals surface area contributed by atoms with Crippen molar-refractivity contribution in [3.63, 3.8) is 0 Å². The van der Waals surface area contributed by atoms with E-state index < -0.39 is 0 Å². The summed E-state index contributed by atoms with van der Waals surface area (Å²) < 4.78 is 0. The Hall–Kier alpha value is 0.136. The number of benzene rings is 1. The minimum absolute atomic E-state index is 0. The van der Waals surface area contributed by atoms with Crippen molar-refractivity contribution in [2.24, 2.45) is 0 Å². The van der Waals surface area contributed by atoms with Crippen molar-refractivity contribution in [2.75, 3.05) is 0 Å². The van der Waals surface area contributed by atoms with Gasteiger partial charge in [0.25, 0.3) is 0 Å². The molecule has 12 heavy (non-hydrogen) atoms. The Kier molecular flexibility index (Phi) is 3.74. The number of aromatic nitrogens is 1. The Labute approximate surface area is 115 Å². The first-order valence-corrected chi connectivity index (χ1v) is 3.53. The molecule has 0 bridgehead atoms. The van der Waals surface area contributed by atoms with Gasteiger partial charge in [-0.15, -0.1) is 11.5 Å². The summed E-state index contributed by atoms with van der Waals surface area (Å²) in [4.78, 5) is 4.10. The van der Waals surface area contributed by atoms with E-state index in [4.69, 9.17) is 0 Å². The number of pyridine rings is 1. The minimum atomic E-state index is 0. The molecule has 0 spiro atoms. The smallest absolute Gasteiger partial charge is 0.295 e. The largest absolute Gasteiger partial charge is 1.00 e. The third-order valence-corrected chi connectivity index (χ3v) is 1.76. The zero-order valence-electron chi connectivity index (χ0n) is 7.12. The van der Waals surface area contributed by atoms with Crippen molar-refractivity contribution in [3.8, 4) is 0 Å². The monoisotopic (exact) mass is 181 g/mol. The molecule has 0 aliphatic carbocycles. The summed E-state index contributed by atoms with van der Waals surface area (Å²) in [6.45, 7) is 3.84. The van der Waals surface area contributed by atoms with Gasteiger partial charge in [-0.1, -0.05) is 35.3 Å². The van der Waals surface area contributed by atoms with Gasteiger partial charge in [0.1, 0.15) is 0 Å². The van der Waals surface area contributed by atoms with Gasteiger partial charge in [0, 0.05) is 6.20 Å². The molecule has 1 aromatic heterocycles. The van der Waals surface area contributed by atoms with Crippen molar-refractivity contribution >= 4 is 10.8 Å². The normalized spacial score (nSPS) is 9.33. The van der Waals surface area contributed by atoms with Gasteiger partial charge >= 0.3 is 51.4 Å². The van der Waals surface area contributed by atoms with Crippen LogP contribution in [0.2, 0.25) is 0 Å². The molecule has 0 radical (unpaired) electrons. The Morgan fingerprint density at radius 3 is 2.58 bits per heavy atom. The van der Waals surface area contributed by atoms with Crippen LogP contribution >= 0.6 is 0 Å². The average molecular weight is 181 g/mol. The van der Waals surface area contributed by atoms with Crippen LogP contribution in [0, 0.1) is 6.92 Å². The van der Waals surface area contributed by atoms with Crippen LogP contribution in [0.15, 0.2) is 36.5 Å². The van der Waals surface area contributed by atoms with E-state index in [0.717, 1.165) is 11.1 Å². The molecule has 1 nitrogen and oxygen atoms in total. The zero-order valence-corrected chi connectivity index (χ0v) is 10.2. The molecular weight excluding hydrogens is 173 g/mol. The van der Waals surface area contributed by atoms with E-state index >= 15 is 0 Å². The molecule has 0 saturated heterocycles. The quantitative estimate of drug-likeness (QED) is 0.391. The van der Waals surface area contributed by atoms with Crippen LogP contribution in [0.1, 0.15) is 5.69 Å². The van der Waals surface area contributed by atoms with Crippen LogP contribution < -0.4 is 51.4 Å². The maximum absolute atomic E-state index is 4.10. The number of nitrogens with zero attached hydrogens (tertiary/aromatic N) is 1. The fourth-order valence-corrected chi connectivity index (χ4v) is 1.18. The fourth-order valence-electron chi connectivity index (χ4n) is 1.18. The van der Waals surface area contributed by atoms with Gasteiger partial charge in [0.2, 0.25) is 0 Å². The molecule has 54 valence electrons. The Bertz CT molecular complexity index is 379. The Balaban J connectivity index is 0.000000720. The molecule has 0 saturated carbocycles. The van der Waals surface area contributed by atoms with E-state index in [1.807, 2.05) is 24.3 Å². The van der Waals surface area contributed by atoms with Crippen LogP contribution in [-0.2, 0) is 0 Å². The summed E-state index contributed by atoms with van der Waals surface area (Å²) in [6.07, 6.45) is 1.78. The molecule has 0 N–H and O–H groups in total. The van der Waals surface area contributed by atoms with E-state index in [1.54, 1.807) is 6.20 Å². The Morgan fingerprint density at radius 2 is 1.83 bits per heavy atom. The molecule has 0 aliphatic heterocycles. The third kappa shape index (κ3) is 1.89. The summed E-state index contributed by atoms with van der Waals surface area (Å²) >= 11 is 0. The number of rotatable bonds is 0. The van der Waals surface area contributed by atoms with Crippen LogP contribution in [0.3, 0.4) is 0 Å². The standard InChI is InChI=1S/C10H8N.K/c1-8-10-5-3-2-4-9(10)6-7-11-8;/h2-7H,1H2;/q-1;+1. The van der Waals surface area contributed by atoms with Gasteiger partial charge in [-0.05, 0) is 0 Å². The van der Waals surface area contributed by atoms with Gasteiger partial charge in [-0.25, -0.2) is 6.92 Å². The van der Waals surface area contributed by atoms with E-state index in [9.17, 15) is 0 Å². The van der Waals surface area contributed by atoms with Crippen molar-refractivity contribution in [1.29, 1.82) is 0 Å². The average Bonchev–Trinajstić information content (AvgIpc) is 2.06. The topological polar surface area (TPSA) is 12.9 Å². The van der Waals surface area contributed by atoms with Crippen LogP contribution in [0.25, 0.3) is 10.8 Å². The van der Waals surface area contributed by atoms with E-state index in [2.05, 4.69) is 18.0 Å². The van der Waals surface area contributed by atoms with Crippen LogP contribution in [-0.4, -0.2) is 4.98 Å². The van der Waals surface area contributed by atoms with Crippen molar-refractivity contribution in [1.82, 2.24) is 4.98 Å². The van der Waals surface area contributed by atoms with Gasteiger partial charge in [0.15, 0.2) is 0 Å². The second-order valence-corrected chi connectivity index (χ2v) is 2.48. The van der Waals surface area contributed by atoms with E-state index in [-0.39, 0.29) is 51.4 Å². The van der Waals surface area contributed by atoms with Gasteiger partial charge in [0.05, 0.1) is 0 Å². The summed E-state index contributed by atoms with van der Waals surface area (Å²) in [5.41, 5.74) is 0.850. The summed E-state index contributed by atoms with van der Waals surface area (Å²) in [7, 11) is 0. The zero-order chi connectivity index (χ0) is 7.68. The molecule has 1 aromatic carbocycles. The summed E-state index contributed by atoms with van der Waals surface area (Å²) in [5, 5.41) is 2.34. The van der Waals surface area contributed by atoms with Crippen molar-refractivity contribution < 1.29 is 51.4 Å². The second kappa shape index (κ2) is 4.39. The first kappa shape index (κ1) is 10.2. The van der Waals surface area contributed by atoms with Gasteiger partial charge in [-0.2, -0.15) is 0 Å². The van der Waals surface area contributed by atoms with E-state index in [1.165, 1.54) is 5.39 Å². The van der Waals surface area contributed by atoms with Crippen molar-refractivity contribution in [2.45, 2.75) is 0 Å². The molecular formula is C10H8KN. The minimum Gasteiger partial charge on any atom is -0.295 e. The maximum Gasteiger partial charge on any atom is 1.00 e. The number of hydrogen-bond donors (Lipinski definition) is 0. The molecule has 0 amide bonds. The molecule has 0 unspecified atom stereocenters. The fraction of sp³-hybridized carbons (Fsp3) is 0. The molecule has 0 aliphatic rings. The first-order valence-electron chi connectivity index (χ1n) is 3.53. The second-order valence-electron chi connectivity index (χ2n) is 2.48. The maximum atomic E-state index is 4.10. The molecule has 0 atom stereocenters. The van der Waals surface area contributed by atoms with Crippen LogP contribution in [0.4, 0.5) is 0 Å². The molecule has 2 heteroatoms. The van der Waals surface area contributed by atoms with Crippen molar-refractivity contribution in [3.05, 3.63) is 49.1 Å². The number of fused-ring (bicyclic) bond motifs is 1. The number of hydrogen-bond acceptors (Lipinski definition) is 1. The SMILES string of the molecule is [CH2-]c1nccc2ccccc12.[K+]. The molecule has 2 rings (SSSR count). The predicted molar refractivity (Wildman–Crippen MR) is 46.2 cm³/mol. The summed E-state index contributed by atoms with van der Waals surface area (Å²) in [6, 6.07) is 10.1. The first-order chi connectivity index (χ1) is 5.38. The van der Waals surface area contributed by atoms with Gasteiger partial charge < -0.3 is 0 Å². The Morgan fingerprint density at radius 1 is 1.08 bits per heavy atom.